The Kier molecular flexibility index (Phi) is 9.27. The number of carbonyl (C=O) groups is 1. The molecule has 53 heavy (non-hydrogen) atoms. The number of ether oxygens (including phenoxy) is 2. The minimum absolute atomic E-state index is 0.0368. The molecule has 3 aliphatic heterocycles. The summed E-state index contributed by atoms with van der Waals surface area (Å²) < 4.78 is 54.7. The third kappa shape index (κ3) is 6.92. The number of alkyl halides is 3. The second-order valence-corrected chi connectivity index (χ2v) is 15.7. The van der Waals surface area contributed by atoms with Gasteiger partial charge in [0.05, 0.1) is 11.7 Å². The number of likely N-dealkylation sites (tertiary alicyclic amines) is 2. The highest BCUT2D eigenvalue weighted by atomic mass is 19.4. The van der Waals surface area contributed by atoms with Gasteiger partial charge in [0.2, 0.25) is 5.91 Å². The second kappa shape index (κ2) is 13.8. The van der Waals surface area contributed by atoms with Crippen molar-refractivity contribution < 1.29 is 27.4 Å². The molecule has 1 N–H and O–H groups in total. The molecule has 2 aromatic heterocycles. The number of nitrogens with zero attached hydrogens (tertiary/aromatic N) is 6. The van der Waals surface area contributed by atoms with Gasteiger partial charge in [0.15, 0.2) is 12.4 Å². The number of halogens is 3. The predicted octanol–water partition coefficient (Wildman–Crippen LogP) is 7.56. The van der Waals surface area contributed by atoms with Crippen LogP contribution in [0.2, 0.25) is 0 Å². The average molecular weight is 732 g/mol. The highest BCUT2D eigenvalue weighted by molar-refractivity contribution is 6.06. The van der Waals surface area contributed by atoms with Gasteiger partial charge in [-0.15, -0.1) is 0 Å². The smallest absolute Gasteiger partial charge is 0.422 e. The molecule has 0 radical (unpaired) electrons. The fourth-order valence-corrected chi connectivity index (χ4v) is 8.64. The fourth-order valence-electron chi connectivity index (χ4n) is 8.64. The van der Waals surface area contributed by atoms with E-state index >= 15 is 0 Å². The van der Waals surface area contributed by atoms with Gasteiger partial charge in [-0.3, -0.25) is 9.89 Å². The minimum Gasteiger partial charge on any atom is -0.481 e. The zero-order valence-corrected chi connectivity index (χ0v) is 30.8. The highest BCUT2D eigenvalue weighted by Crippen LogP contribution is 2.53. The number of hydrogen-bond acceptors (Lipinski definition) is 8. The van der Waals surface area contributed by atoms with Crippen LogP contribution in [0, 0.1) is 12.3 Å². The Balaban J connectivity index is 1.26. The SMILES string of the molecule is C=CC(=O)N1CC2(CCN(c3nc(OC4CCN(C(C)CC)CC4)nc4c(OCC(F)(F)F)c(-c5c(C)ccc6[nH]ncc56)c(C5CC5)cc34)CC2)C1. The lowest BCUT2D eigenvalue weighted by Gasteiger charge is -2.54. The third-order valence-corrected chi connectivity index (χ3v) is 12.0. The summed E-state index contributed by atoms with van der Waals surface area (Å²) in [5.41, 5.74) is 4.41. The van der Waals surface area contributed by atoms with Crippen LogP contribution in [0.5, 0.6) is 11.8 Å². The number of aromatic amines is 1. The number of H-pyrrole nitrogens is 1. The number of hydrogen-bond donors (Lipinski definition) is 1. The normalized spacial score (nSPS) is 20.2. The van der Waals surface area contributed by atoms with Crippen LogP contribution in [-0.4, -0.2) is 100 Å². The predicted molar refractivity (Wildman–Crippen MR) is 199 cm³/mol. The van der Waals surface area contributed by atoms with E-state index in [9.17, 15) is 18.0 Å². The molecule has 1 aliphatic carbocycles. The second-order valence-electron chi connectivity index (χ2n) is 15.7. The van der Waals surface area contributed by atoms with Crippen molar-refractivity contribution in [3.63, 3.8) is 0 Å². The molecule has 1 amide bonds. The van der Waals surface area contributed by atoms with Gasteiger partial charge in [-0.2, -0.15) is 28.2 Å². The van der Waals surface area contributed by atoms with E-state index in [2.05, 4.69) is 46.5 Å². The first kappa shape index (κ1) is 35.6. The summed E-state index contributed by atoms with van der Waals surface area (Å²) in [7, 11) is 0. The van der Waals surface area contributed by atoms with E-state index < -0.39 is 12.8 Å². The van der Waals surface area contributed by atoms with Gasteiger partial charge in [-0.1, -0.05) is 19.6 Å². The van der Waals surface area contributed by atoms with E-state index in [1.165, 1.54) is 6.08 Å². The van der Waals surface area contributed by atoms with Crippen molar-refractivity contribution in [2.24, 2.45) is 5.41 Å². The summed E-state index contributed by atoms with van der Waals surface area (Å²) in [5, 5.41) is 8.79. The molecule has 1 saturated carbocycles. The van der Waals surface area contributed by atoms with Crippen molar-refractivity contribution in [1.29, 1.82) is 0 Å². The van der Waals surface area contributed by atoms with Crippen LogP contribution in [0.15, 0.2) is 37.1 Å². The molecule has 10 nitrogen and oxygen atoms in total. The van der Waals surface area contributed by atoms with Crippen molar-refractivity contribution in [1.82, 2.24) is 30.0 Å². The van der Waals surface area contributed by atoms with Gasteiger partial charge in [0.1, 0.15) is 17.4 Å². The first-order valence-electron chi connectivity index (χ1n) is 19.0. The van der Waals surface area contributed by atoms with Gasteiger partial charge >= 0.3 is 12.2 Å². The van der Waals surface area contributed by atoms with E-state index in [0.29, 0.717) is 54.5 Å². The number of benzene rings is 2. The molecule has 5 heterocycles. The van der Waals surface area contributed by atoms with Gasteiger partial charge in [-0.05, 0) is 99.6 Å². The number of fused-ring (bicyclic) bond motifs is 2. The number of aryl methyl sites for hydroxylation is 1. The largest absolute Gasteiger partial charge is 0.481 e. The number of aromatic nitrogens is 4. The summed E-state index contributed by atoms with van der Waals surface area (Å²) in [4.78, 5) is 28.8. The quantitative estimate of drug-likeness (QED) is 0.167. The molecular formula is C40H48F3N7O3. The number of nitrogens with one attached hydrogen (secondary N) is 1. The maximum atomic E-state index is 14.1. The van der Waals surface area contributed by atoms with Gasteiger partial charge in [0, 0.05) is 67.1 Å². The Morgan fingerprint density at radius 2 is 1.81 bits per heavy atom. The van der Waals surface area contributed by atoms with Crippen molar-refractivity contribution in [3.05, 3.63) is 48.2 Å². The molecule has 1 atom stereocenters. The zero-order chi connectivity index (χ0) is 37.1. The molecule has 0 bridgehead atoms. The van der Waals surface area contributed by atoms with Crippen molar-refractivity contribution >= 4 is 33.5 Å². The van der Waals surface area contributed by atoms with Crippen LogP contribution >= 0.6 is 0 Å². The van der Waals surface area contributed by atoms with Crippen LogP contribution in [0.4, 0.5) is 19.0 Å². The van der Waals surface area contributed by atoms with Crippen molar-refractivity contribution in [2.75, 3.05) is 50.8 Å². The molecule has 282 valence electrons. The molecule has 2 aromatic carbocycles. The summed E-state index contributed by atoms with van der Waals surface area (Å²) in [5.74, 6) is 0.868. The molecule has 3 saturated heterocycles. The van der Waals surface area contributed by atoms with E-state index in [1.807, 2.05) is 24.0 Å². The summed E-state index contributed by atoms with van der Waals surface area (Å²) in [6, 6.07) is 6.63. The highest BCUT2D eigenvalue weighted by Gasteiger charge is 2.47. The third-order valence-electron chi connectivity index (χ3n) is 12.0. The molecule has 1 unspecified atom stereocenters. The Morgan fingerprint density at radius 3 is 2.47 bits per heavy atom. The number of anilines is 1. The summed E-state index contributed by atoms with van der Waals surface area (Å²) >= 11 is 0. The Hall–Kier alpha value is -4.39. The van der Waals surface area contributed by atoms with Crippen molar-refractivity contribution in [2.45, 2.75) is 90.0 Å². The first-order chi connectivity index (χ1) is 25.5. The maximum absolute atomic E-state index is 14.1. The van der Waals surface area contributed by atoms with Crippen molar-refractivity contribution in [3.8, 4) is 22.9 Å². The molecule has 13 heteroatoms. The maximum Gasteiger partial charge on any atom is 0.422 e. The monoisotopic (exact) mass is 731 g/mol. The lowest BCUT2D eigenvalue weighted by molar-refractivity contribution is -0.153. The van der Waals surface area contributed by atoms with Gasteiger partial charge in [-0.25, -0.2) is 0 Å². The Bertz CT molecular complexity index is 2020. The van der Waals surface area contributed by atoms with Gasteiger partial charge < -0.3 is 24.2 Å². The van der Waals surface area contributed by atoms with Crippen LogP contribution in [-0.2, 0) is 4.79 Å². The lowest BCUT2D eigenvalue weighted by atomic mass is 9.72. The minimum atomic E-state index is -4.57. The molecule has 4 aliphatic rings. The fraction of sp³-hybridized carbons (Fsp3) is 0.550. The van der Waals surface area contributed by atoms with Crippen LogP contribution in [0.25, 0.3) is 32.9 Å². The van der Waals surface area contributed by atoms with Gasteiger partial charge in [0.25, 0.3) is 0 Å². The zero-order valence-electron chi connectivity index (χ0n) is 30.8. The summed E-state index contributed by atoms with van der Waals surface area (Å²) in [6.07, 6.45) is 4.64. The number of carbonyl (C=O) groups excluding carboxylic acids is 1. The van der Waals surface area contributed by atoms with Crippen LogP contribution in [0.1, 0.15) is 75.8 Å². The molecule has 8 rings (SSSR count). The van der Waals surface area contributed by atoms with E-state index in [1.54, 1.807) is 6.20 Å². The molecule has 4 aromatic rings. The Morgan fingerprint density at radius 1 is 1.08 bits per heavy atom. The van der Waals surface area contributed by atoms with Crippen LogP contribution < -0.4 is 14.4 Å². The molecule has 4 fully saturated rings. The number of piperidine rings is 2. The van der Waals surface area contributed by atoms with E-state index in [4.69, 9.17) is 19.4 Å². The van der Waals surface area contributed by atoms with E-state index in [0.717, 1.165) is 85.6 Å². The average Bonchev–Trinajstić information content (AvgIpc) is 3.88. The summed E-state index contributed by atoms with van der Waals surface area (Å²) in [6.45, 7) is 13.1. The van der Waals surface area contributed by atoms with Crippen LogP contribution in [0.3, 0.4) is 0 Å². The Labute approximate surface area is 307 Å². The first-order valence-corrected chi connectivity index (χ1v) is 19.0. The van der Waals surface area contributed by atoms with E-state index in [-0.39, 0.29) is 35.1 Å². The number of amides is 1. The standard InChI is InChI=1S/C40H48F3N7O3/c1-5-25(4)48-15-11-27(12-16-48)53-38-45-35-29(37(46-38)49-17-13-39(14-18-49)21-50(22-39)32(51)6-2)19-28(26-8-9-26)34(36(35)52-23-40(41,42)43)33-24(3)7-10-31-30(33)20-44-47-31/h6-7,10,19-20,25-27H,2,5,8-9,11-18,21-23H2,1,3-4H3,(H,44,47). The lowest BCUT2D eigenvalue weighted by Crippen LogP contribution is -2.61. The topological polar surface area (TPSA) is 99.7 Å². The number of rotatable bonds is 10. The molecule has 1 spiro atoms. The molecular weight excluding hydrogens is 683 g/mol.